The van der Waals surface area contributed by atoms with Gasteiger partial charge in [0.25, 0.3) is 0 Å². The third-order valence-corrected chi connectivity index (χ3v) is 5.89. The van der Waals surface area contributed by atoms with Gasteiger partial charge in [-0.3, -0.25) is 0 Å². The fourth-order valence-electron chi connectivity index (χ4n) is 3.90. The van der Waals surface area contributed by atoms with Gasteiger partial charge in [0.05, 0.1) is 16.7 Å². The Balaban J connectivity index is 1.24. The van der Waals surface area contributed by atoms with E-state index < -0.39 is 6.61 Å². The van der Waals surface area contributed by atoms with Crippen molar-refractivity contribution >= 4 is 46.3 Å². The van der Waals surface area contributed by atoms with Crippen LogP contribution in [0.3, 0.4) is 0 Å². The van der Waals surface area contributed by atoms with E-state index in [4.69, 9.17) is 16.3 Å². The molecule has 0 aliphatic carbocycles. The highest BCUT2D eigenvalue weighted by Crippen LogP contribution is 2.30. The largest absolute Gasteiger partial charge is 0.433 e. The van der Waals surface area contributed by atoms with E-state index in [0.29, 0.717) is 11.6 Å². The number of ether oxygens (including phenoxy) is 2. The maximum absolute atomic E-state index is 12.4. The number of hydrogen-bond acceptors (Lipinski definition) is 6. The molecule has 1 aliphatic heterocycles. The number of hydrogen-bond donors (Lipinski definition) is 1. The first kappa shape index (κ1) is 23.2. The summed E-state index contributed by atoms with van der Waals surface area (Å²) in [5.74, 6) is 0.251. The molecule has 1 atom stereocenters. The number of alkyl halides is 2. The molecule has 35 heavy (non-hydrogen) atoms. The van der Waals surface area contributed by atoms with Crippen molar-refractivity contribution in [1.29, 1.82) is 0 Å². The van der Waals surface area contributed by atoms with Crippen LogP contribution in [-0.2, 0) is 4.74 Å². The average molecular weight is 498 g/mol. The van der Waals surface area contributed by atoms with Crippen LogP contribution in [0.1, 0.15) is 36.6 Å². The number of fused-ring (bicyclic) bond motifs is 1. The van der Waals surface area contributed by atoms with Gasteiger partial charge in [0.2, 0.25) is 5.95 Å². The average Bonchev–Trinajstić information content (AvgIpc) is 3.29. The van der Waals surface area contributed by atoms with Crippen LogP contribution in [0.4, 0.5) is 20.4 Å². The van der Waals surface area contributed by atoms with Crippen molar-refractivity contribution in [3.05, 3.63) is 71.1 Å². The van der Waals surface area contributed by atoms with Crippen LogP contribution in [0, 0.1) is 0 Å². The summed E-state index contributed by atoms with van der Waals surface area (Å²) in [6.07, 6.45) is 12.4. The van der Waals surface area contributed by atoms with Crippen LogP contribution < -0.4 is 10.1 Å². The minimum Gasteiger partial charge on any atom is -0.433 e. The first-order valence-corrected chi connectivity index (χ1v) is 11.5. The zero-order valence-electron chi connectivity index (χ0n) is 18.6. The molecule has 0 spiro atoms. The van der Waals surface area contributed by atoms with Gasteiger partial charge in [-0.2, -0.15) is 13.9 Å². The van der Waals surface area contributed by atoms with Gasteiger partial charge in [-0.15, -0.1) is 0 Å². The monoisotopic (exact) mass is 497 g/mol. The van der Waals surface area contributed by atoms with Gasteiger partial charge in [0.1, 0.15) is 5.75 Å². The summed E-state index contributed by atoms with van der Waals surface area (Å²) < 4.78 is 36.9. The molecule has 1 saturated heterocycles. The lowest BCUT2D eigenvalue weighted by atomic mass is 10.1. The fourth-order valence-corrected chi connectivity index (χ4v) is 4.13. The highest BCUT2D eigenvalue weighted by molar-refractivity contribution is 6.32. The topological polar surface area (TPSA) is 74.1 Å². The van der Waals surface area contributed by atoms with E-state index >= 15 is 0 Å². The summed E-state index contributed by atoms with van der Waals surface area (Å²) in [5.41, 5.74) is 3.46. The molecule has 7 nitrogen and oxygen atoms in total. The van der Waals surface area contributed by atoms with Gasteiger partial charge in [-0.05, 0) is 55.2 Å². The summed E-state index contributed by atoms with van der Waals surface area (Å²) in [4.78, 5) is 8.59. The third-order valence-electron chi connectivity index (χ3n) is 5.59. The SMILES string of the molecule is FC(F)Oc1ccc(Nc2ncc(/C=C/c3ccc4c(cnn4C4CCCCO4)c3)cn2)cc1Cl. The lowest BCUT2D eigenvalue weighted by Gasteiger charge is -2.23. The van der Waals surface area contributed by atoms with E-state index in [2.05, 4.69) is 37.3 Å². The molecule has 10 heteroatoms. The highest BCUT2D eigenvalue weighted by Gasteiger charge is 2.18. The Morgan fingerprint density at radius 2 is 1.89 bits per heavy atom. The zero-order chi connectivity index (χ0) is 24.2. The first-order valence-electron chi connectivity index (χ1n) is 11.2. The normalized spacial score (nSPS) is 16.3. The molecule has 3 heterocycles. The highest BCUT2D eigenvalue weighted by atomic mass is 35.5. The number of aromatic nitrogens is 4. The van der Waals surface area contributed by atoms with Crippen molar-refractivity contribution in [1.82, 2.24) is 19.7 Å². The first-order chi connectivity index (χ1) is 17.0. The van der Waals surface area contributed by atoms with E-state index in [1.807, 2.05) is 29.1 Å². The fraction of sp³-hybridized carbons (Fsp3) is 0.240. The molecule has 0 saturated carbocycles. The second-order valence-corrected chi connectivity index (χ2v) is 8.46. The maximum Gasteiger partial charge on any atom is 0.387 e. The van der Waals surface area contributed by atoms with Gasteiger partial charge in [0, 0.05) is 35.6 Å². The Kier molecular flexibility index (Phi) is 6.87. The Hall–Kier alpha value is -3.56. The maximum atomic E-state index is 12.4. The Morgan fingerprint density at radius 1 is 1.06 bits per heavy atom. The van der Waals surface area contributed by atoms with Crippen LogP contribution in [0.25, 0.3) is 23.1 Å². The van der Waals surface area contributed by atoms with Crippen molar-refractivity contribution in [3.8, 4) is 5.75 Å². The molecule has 1 unspecified atom stereocenters. The molecule has 180 valence electrons. The summed E-state index contributed by atoms with van der Waals surface area (Å²) in [6, 6.07) is 10.6. The Morgan fingerprint density at radius 3 is 2.63 bits per heavy atom. The Bertz CT molecular complexity index is 1340. The summed E-state index contributed by atoms with van der Waals surface area (Å²) in [5, 5.41) is 8.63. The molecule has 4 aromatic rings. The van der Waals surface area contributed by atoms with Crippen LogP contribution in [0.15, 0.2) is 55.0 Å². The van der Waals surface area contributed by atoms with Crippen molar-refractivity contribution in [3.63, 3.8) is 0 Å². The molecule has 2 aromatic carbocycles. The smallest absolute Gasteiger partial charge is 0.387 e. The number of anilines is 2. The van der Waals surface area contributed by atoms with Crippen molar-refractivity contribution in [2.75, 3.05) is 11.9 Å². The van der Waals surface area contributed by atoms with Crippen LogP contribution in [-0.4, -0.2) is 33.0 Å². The zero-order valence-corrected chi connectivity index (χ0v) is 19.3. The lowest BCUT2D eigenvalue weighted by Crippen LogP contribution is -2.18. The van der Waals surface area contributed by atoms with Crippen molar-refractivity contribution in [2.45, 2.75) is 32.1 Å². The van der Waals surface area contributed by atoms with Gasteiger partial charge >= 0.3 is 6.61 Å². The van der Waals surface area contributed by atoms with E-state index in [0.717, 1.165) is 47.9 Å². The third kappa shape index (κ3) is 5.58. The number of nitrogens with one attached hydrogen (secondary N) is 1. The van der Waals surface area contributed by atoms with Crippen LogP contribution >= 0.6 is 11.6 Å². The predicted octanol–water partition coefficient (Wildman–Crippen LogP) is 6.69. The molecule has 1 aliphatic rings. The summed E-state index contributed by atoms with van der Waals surface area (Å²) in [6.45, 7) is -2.16. The van der Waals surface area contributed by atoms with Gasteiger partial charge in [0.15, 0.2) is 6.23 Å². The number of benzene rings is 2. The second-order valence-electron chi connectivity index (χ2n) is 8.05. The lowest BCUT2D eigenvalue weighted by molar-refractivity contribution is -0.0497. The number of nitrogens with zero attached hydrogens (tertiary/aromatic N) is 4. The van der Waals surface area contributed by atoms with Crippen molar-refractivity contribution in [2.24, 2.45) is 0 Å². The van der Waals surface area contributed by atoms with Crippen molar-refractivity contribution < 1.29 is 18.3 Å². The standard InChI is InChI=1S/C25H22ClF2N5O2/c26-20-12-19(7-9-22(20)35-24(27)28)32-25-29-13-17(14-30-25)5-4-16-6-8-21-18(11-16)15-31-33(21)23-3-1-2-10-34-23/h4-9,11-15,23-24H,1-3,10H2,(H,29,30,32)/b5-4+. The molecule has 1 N–H and O–H groups in total. The minimum atomic E-state index is -2.94. The molecular weight excluding hydrogens is 476 g/mol. The quantitative estimate of drug-likeness (QED) is 0.306. The summed E-state index contributed by atoms with van der Waals surface area (Å²) in [7, 11) is 0. The molecule has 0 bridgehead atoms. The summed E-state index contributed by atoms with van der Waals surface area (Å²) >= 11 is 5.98. The molecule has 0 radical (unpaired) electrons. The molecule has 1 fully saturated rings. The minimum absolute atomic E-state index is 0.00634. The van der Waals surface area contributed by atoms with E-state index in [1.165, 1.54) is 12.1 Å². The number of rotatable bonds is 7. The van der Waals surface area contributed by atoms with E-state index in [-0.39, 0.29) is 17.0 Å². The number of halogens is 3. The van der Waals surface area contributed by atoms with E-state index in [1.54, 1.807) is 18.5 Å². The second kappa shape index (κ2) is 10.4. The molecule has 0 amide bonds. The van der Waals surface area contributed by atoms with Crippen LogP contribution in [0.2, 0.25) is 5.02 Å². The van der Waals surface area contributed by atoms with Gasteiger partial charge in [-0.25, -0.2) is 14.6 Å². The molecule has 2 aromatic heterocycles. The molecule has 5 rings (SSSR count). The van der Waals surface area contributed by atoms with Gasteiger partial charge in [-0.1, -0.05) is 29.8 Å². The molecular formula is C25H22ClF2N5O2. The van der Waals surface area contributed by atoms with Crippen LogP contribution in [0.5, 0.6) is 5.75 Å². The predicted molar refractivity (Wildman–Crippen MR) is 131 cm³/mol. The Labute approximate surface area is 205 Å². The van der Waals surface area contributed by atoms with E-state index in [9.17, 15) is 8.78 Å². The van der Waals surface area contributed by atoms with Gasteiger partial charge < -0.3 is 14.8 Å².